The van der Waals surface area contributed by atoms with Crippen molar-refractivity contribution in [3.63, 3.8) is 0 Å². The summed E-state index contributed by atoms with van der Waals surface area (Å²) in [7, 11) is 0. The molecule has 2 rings (SSSR count). The Kier molecular flexibility index (Phi) is 3.98. The standard InChI is InChI=1S/C13H18N2O2/c16-12-7-2-1-6-11(12)13(17)15-10-5-3-4-8-14-9-10/h1-2,6-7,10,14,16H,3-5,8-9H2,(H,15,17). The van der Waals surface area contributed by atoms with E-state index in [4.69, 9.17) is 0 Å². The Hall–Kier alpha value is -1.55. The molecular formula is C13H18N2O2. The van der Waals surface area contributed by atoms with E-state index in [2.05, 4.69) is 10.6 Å². The first-order valence-electron chi connectivity index (χ1n) is 6.07. The van der Waals surface area contributed by atoms with Crippen molar-refractivity contribution in [2.24, 2.45) is 0 Å². The molecule has 4 nitrogen and oxygen atoms in total. The van der Waals surface area contributed by atoms with E-state index in [9.17, 15) is 9.90 Å². The zero-order valence-corrected chi connectivity index (χ0v) is 9.78. The van der Waals surface area contributed by atoms with Gasteiger partial charge in [-0.3, -0.25) is 4.79 Å². The van der Waals surface area contributed by atoms with Crippen LogP contribution in [0.15, 0.2) is 24.3 Å². The molecule has 1 amide bonds. The lowest BCUT2D eigenvalue weighted by atomic mass is 10.1. The molecular weight excluding hydrogens is 216 g/mol. The van der Waals surface area contributed by atoms with Crippen molar-refractivity contribution in [1.29, 1.82) is 0 Å². The number of carbonyl (C=O) groups excluding carboxylic acids is 1. The highest BCUT2D eigenvalue weighted by molar-refractivity contribution is 5.96. The molecule has 1 aliphatic rings. The van der Waals surface area contributed by atoms with Crippen molar-refractivity contribution in [2.75, 3.05) is 13.1 Å². The van der Waals surface area contributed by atoms with Crippen molar-refractivity contribution < 1.29 is 9.90 Å². The van der Waals surface area contributed by atoms with Gasteiger partial charge in [0.15, 0.2) is 0 Å². The van der Waals surface area contributed by atoms with Gasteiger partial charge in [-0.2, -0.15) is 0 Å². The first-order valence-corrected chi connectivity index (χ1v) is 6.07. The van der Waals surface area contributed by atoms with Gasteiger partial charge in [-0.05, 0) is 31.5 Å². The number of aromatic hydroxyl groups is 1. The number of para-hydroxylation sites is 1. The number of hydrogen-bond donors (Lipinski definition) is 3. The van der Waals surface area contributed by atoms with Crippen LogP contribution >= 0.6 is 0 Å². The minimum atomic E-state index is -0.197. The van der Waals surface area contributed by atoms with Crippen LogP contribution in [0.4, 0.5) is 0 Å². The topological polar surface area (TPSA) is 61.4 Å². The number of phenolic OH excluding ortho intramolecular Hbond substituents is 1. The molecule has 3 N–H and O–H groups in total. The second kappa shape index (κ2) is 5.68. The third-order valence-electron chi connectivity index (χ3n) is 3.03. The largest absolute Gasteiger partial charge is 0.507 e. The van der Waals surface area contributed by atoms with Crippen LogP contribution in [0.1, 0.15) is 29.6 Å². The average molecular weight is 234 g/mol. The second-order valence-corrected chi connectivity index (χ2v) is 4.39. The van der Waals surface area contributed by atoms with Crippen molar-refractivity contribution in [3.05, 3.63) is 29.8 Å². The van der Waals surface area contributed by atoms with Gasteiger partial charge >= 0.3 is 0 Å². The Bertz CT molecular complexity index is 385. The average Bonchev–Trinajstić information content (AvgIpc) is 2.58. The summed E-state index contributed by atoms with van der Waals surface area (Å²) in [5.41, 5.74) is 0.344. The summed E-state index contributed by atoms with van der Waals surface area (Å²) >= 11 is 0. The first kappa shape index (κ1) is 11.9. The van der Waals surface area contributed by atoms with Crippen LogP contribution in [0.5, 0.6) is 5.75 Å². The highest BCUT2D eigenvalue weighted by Gasteiger charge is 2.17. The van der Waals surface area contributed by atoms with Gasteiger partial charge in [-0.25, -0.2) is 0 Å². The summed E-state index contributed by atoms with van der Waals surface area (Å²) in [5, 5.41) is 15.8. The van der Waals surface area contributed by atoms with E-state index < -0.39 is 0 Å². The minimum Gasteiger partial charge on any atom is -0.507 e. The van der Waals surface area contributed by atoms with E-state index >= 15 is 0 Å². The lowest BCUT2D eigenvalue weighted by Gasteiger charge is -2.16. The normalized spacial score (nSPS) is 20.6. The molecule has 0 spiro atoms. The zero-order chi connectivity index (χ0) is 12.1. The number of rotatable bonds is 2. The molecule has 92 valence electrons. The Morgan fingerprint density at radius 3 is 3.00 bits per heavy atom. The molecule has 0 bridgehead atoms. The van der Waals surface area contributed by atoms with E-state index in [1.54, 1.807) is 18.2 Å². The number of benzene rings is 1. The van der Waals surface area contributed by atoms with Crippen LogP contribution in [0.2, 0.25) is 0 Å². The molecule has 0 saturated carbocycles. The third-order valence-corrected chi connectivity index (χ3v) is 3.03. The predicted octanol–water partition coefficient (Wildman–Crippen LogP) is 1.26. The summed E-state index contributed by atoms with van der Waals surface area (Å²) in [6.07, 6.45) is 3.27. The third kappa shape index (κ3) is 3.20. The molecule has 1 heterocycles. The van der Waals surface area contributed by atoms with Gasteiger partial charge in [0.2, 0.25) is 0 Å². The van der Waals surface area contributed by atoms with Crippen molar-refractivity contribution >= 4 is 5.91 Å². The Morgan fingerprint density at radius 2 is 2.18 bits per heavy atom. The molecule has 1 aliphatic heterocycles. The lowest BCUT2D eigenvalue weighted by Crippen LogP contribution is -2.40. The molecule has 17 heavy (non-hydrogen) atoms. The monoisotopic (exact) mass is 234 g/mol. The van der Waals surface area contributed by atoms with Crippen LogP contribution in [-0.2, 0) is 0 Å². The van der Waals surface area contributed by atoms with Crippen LogP contribution in [0.3, 0.4) is 0 Å². The van der Waals surface area contributed by atoms with Gasteiger partial charge in [0, 0.05) is 12.6 Å². The Balaban J connectivity index is 1.98. The number of phenols is 1. The molecule has 1 saturated heterocycles. The summed E-state index contributed by atoms with van der Waals surface area (Å²) in [4.78, 5) is 11.9. The molecule has 0 radical (unpaired) electrons. The number of amides is 1. The minimum absolute atomic E-state index is 0.0339. The molecule has 1 atom stereocenters. The number of carbonyl (C=O) groups is 1. The molecule has 1 unspecified atom stereocenters. The fourth-order valence-electron chi connectivity index (χ4n) is 2.07. The molecule has 0 aromatic heterocycles. The van der Waals surface area contributed by atoms with Gasteiger partial charge in [-0.15, -0.1) is 0 Å². The quantitative estimate of drug-likeness (QED) is 0.722. The second-order valence-electron chi connectivity index (χ2n) is 4.39. The maximum absolute atomic E-state index is 11.9. The molecule has 1 fully saturated rings. The van der Waals surface area contributed by atoms with Gasteiger partial charge < -0.3 is 15.7 Å². The fourth-order valence-corrected chi connectivity index (χ4v) is 2.07. The van der Waals surface area contributed by atoms with Gasteiger partial charge in [0.25, 0.3) is 5.91 Å². The van der Waals surface area contributed by atoms with Crippen LogP contribution in [0, 0.1) is 0 Å². The SMILES string of the molecule is O=C(NC1CCCCNC1)c1ccccc1O. The maximum atomic E-state index is 11.9. The van der Waals surface area contributed by atoms with Gasteiger partial charge in [0.1, 0.15) is 5.75 Å². The van der Waals surface area contributed by atoms with Crippen molar-refractivity contribution in [2.45, 2.75) is 25.3 Å². The smallest absolute Gasteiger partial charge is 0.255 e. The molecule has 1 aromatic rings. The zero-order valence-electron chi connectivity index (χ0n) is 9.78. The summed E-state index contributed by atoms with van der Waals surface area (Å²) in [5.74, 6) is -0.164. The van der Waals surface area contributed by atoms with Crippen LogP contribution in [0.25, 0.3) is 0 Å². The van der Waals surface area contributed by atoms with E-state index in [1.807, 2.05) is 0 Å². The molecule has 0 aliphatic carbocycles. The highest BCUT2D eigenvalue weighted by Crippen LogP contribution is 2.15. The highest BCUT2D eigenvalue weighted by atomic mass is 16.3. The van der Waals surface area contributed by atoms with E-state index in [0.717, 1.165) is 32.4 Å². The summed E-state index contributed by atoms with van der Waals surface area (Å²) < 4.78 is 0. The predicted molar refractivity (Wildman–Crippen MR) is 66.1 cm³/mol. The van der Waals surface area contributed by atoms with E-state index in [0.29, 0.717) is 5.56 Å². The first-order chi connectivity index (χ1) is 8.27. The van der Waals surface area contributed by atoms with Gasteiger partial charge in [-0.1, -0.05) is 18.6 Å². The Labute approximate surface area is 101 Å². The van der Waals surface area contributed by atoms with Crippen LogP contribution < -0.4 is 10.6 Å². The number of hydrogen-bond acceptors (Lipinski definition) is 3. The molecule has 4 heteroatoms. The molecule has 1 aromatic carbocycles. The van der Waals surface area contributed by atoms with Crippen molar-refractivity contribution in [1.82, 2.24) is 10.6 Å². The van der Waals surface area contributed by atoms with Gasteiger partial charge in [0.05, 0.1) is 5.56 Å². The lowest BCUT2D eigenvalue weighted by molar-refractivity contribution is 0.0933. The van der Waals surface area contributed by atoms with E-state index in [-0.39, 0.29) is 17.7 Å². The summed E-state index contributed by atoms with van der Waals surface area (Å²) in [6, 6.07) is 6.78. The maximum Gasteiger partial charge on any atom is 0.255 e. The van der Waals surface area contributed by atoms with Crippen molar-refractivity contribution in [3.8, 4) is 5.75 Å². The summed E-state index contributed by atoms with van der Waals surface area (Å²) in [6.45, 7) is 1.82. The van der Waals surface area contributed by atoms with Crippen LogP contribution in [-0.4, -0.2) is 30.1 Å². The van der Waals surface area contributed by atoms with E-state index in [1.165, 1.54) is 6.07 Å². The number of nitrogens with one attached hydrogen (secondary N) is 2. The Morgan fingerprint density at radius 1 is 1.35 bits per heavy atom. The fraction of sp³-hybridized carbons (Fsp3) is 0.462.